The van der Waals surface area contributed by atoms with Gasteiger partial charge in [0, 0.05) is 27.2 Å². The third kappa shape index (κ3) is 6.45. The fourth-order valence-electron chi connectivity index (χ4n) is 1.97. The maximum absolute atomic E-state index is 12.0. The van der Waals surface area contributed by atoms with E-state index >= 15 is 0 Å². The number of aliphatic hydroxyl groups is 1. The fourth-order valence-corrected chi connectivity index (χ4v) is 1.97. The summed E-state index contributed by atoms with van der Waals surface area (Å²) in [5.74, 6) is 0. The molecule has 0 aliphatic rings. The molecule has 2 N–H and O–H groups in total. The smallest absolute Gasteiger partial charge is 0.317 e. The van der Waals surface area contributed by atoms with Crippen LogP contribution in [0.25, 0.3) is 0 Å². The molecule has 1 atom stereocenters. The molecule has 124 valence electrons. The molecular formula is C17H28N2O3. The van der Waals surface area contributed by atoms with Crippen molar-refractivity contribution < 1.29 is 14.6 Å². The quantitative estimate of drug-likeness (QED) is 0.776. The largest absolute Gasteiger partial charge is 0.388 e. The van der Waals surface area contributed by atoms with E-state index in [1.807, 2.05) is 44.2 Å². The molecule has 0 radical (unpaired) electrons. The van der Waals surface area contributed by atoms with Crippen LogP contribution in [0.15, 0.2) is 30.3 Å². The molecule has 0 aliphatic carbocycles. The third-order valence-electron chi connectivity index (χ3n) is 3.82. The summed E-state index contributed by atoms with van der Waals surface area (Å²) in [4.78, 5) is 13.5. The number of nitrogens with one attached hydrogen (secondary N) is 1. The van der Waals surface area contributed by atoms with E-state index in [4.69, 9.17) is 4.74 Å². The van der Waals surface area contributed by atoms with Gasteiger partial charge in [0.1, 0.15) is 0 Å². The standard InChI is InChI=1S/C17H28N2O3/c1-17(2,22-4)11-12-18-16(21)19(3)13-10-15(20)14-8-6-5-7-9-14/h5-9,15,20H,10-13H2,1-4H3,(H,18,21). The summed E-state index contributed by atoms with van der Waals surface area (Å²) in [5.41, 5.74) is 0.633. The first-order valence-electron chi connectivity index (χ1n) is 7.63. The van der Waals surface area contributed by atoms with Gasteiger partial charge in [0.05, 0.1) is 11.7 Å². The van der Waals surface area contributed by atoms with Gasteiger partial charge in [0.2, 0.25) is 0 Å². The first-order chi connectivity index (χ1) is 10.4. The lowest BCUT2D eigenvalue weighted by molar-refractivity contribution is 0.0162. The predicted octanol–water partition coefficient (Wildman–Crippen LogP) is 2.57. The van der Waals surface area contributed by atoms with Crippen molar-refractivity contribution in [3.63, 3.8) is 0 Å². The molecule has 1 unspecified atom stereocenters. The van der Waals surface area contributed by atoms with Crippen LogP contribution in [0, 0.1) is 0 Å². The van der Waals surface area contributed by atoms with Gasteiger partial charge in [-0.25, -0.2) is 4.79 Å². The van der Waals surface area contributed by atoms with Crippen LogP contribution in [-0.2, 0) is 4.74 Å². The van der Waals surface area contributed by atoms with Gasteiger partial charge in [-0.1, -0.05) is 30.3 Å². The number of carbonyl (C=O) groups excluding carboxylic acids is 1. The predicted molar refractivity (Wildman–Crippen MR) is 87.8 cm³/mol. The Hall–Kier alpha value is -1.59. The number of urea groups is 1. The molecule has 0 fully saturated rings. The van der Waals surface area contributed by atoms with Crippen LogP contribution in [0.5, 0.6) is 0 Å². The molecule has 5 heteroatoms. The molecule has 0 saturated carbocycles. The van der Waals surface area contributed by atoms with Gasteiger partial charge < -0.3 is 20.1 Å². The summed E-state index contributed by atoms with van der Waals surface area (Å²) in [5, 5.41) is 13.0. The molecule has 0 heterocycles. The number of methoxy groups -OCH3 is 1. The average molecular weight is 308 g/mol. The Bertz CT molecular complexity index is 448. The first-order valence-corrected chi connectivity index (χ1v) is 7.63. The second-order valence-corrected chi connectivity index (χ2v) is 6.08. The Labute approximate surface area is 133 Å². The van der Waals surface area contributed by atoms with Gasteiger partial charge in [-0.05, 0) is 32.3 Å². The van der Waals surface area contributed by atoms with Crippen LogP contribution in [0.1, 0.15) is 38.4 Å². The maximum atomic E-state index is 12.0. The average Bonchev–Trinajstić information content (AvgIpc) is 2.52. The van der Waals surface area contributed by atoms with Crippen LogP contribution < -0.4 is 5.32 Å². The van der Waals surface area contributed by atoms with E-state index in [-0.39, 0.29) is 11.6 Å². The normalized spacial score (nSPS) is 12.8. The van der Waals surface area contributed by atoms with E-state index in [0.717, 1.165) is 12.0 Å². The zero-order valence-electron chi connectivity index (χ0n) is 14.0. The van der Waals surface area contributed by atoms with E-state index in [0.29, 0.717) is 19.5 Å². The first kappa shape index (κ1) is 18.5. The monoisotopic (exact) mass is 308 g/mol. The van der Waals surface area contributed by atoms with E-state index in [9.17, 15) is 9.90 Å². The number of benzene rings is 1. The Morgan fingerprint density at radius 2 is 2.00 bits per heavy atom. The summed E-state index contributed by atoms with van der Waals surface area (Å²) in [7, 11) is 3.40. The van der Waals surface area contributed by atoms with Crippen molar-refractivity contribution in [2.75, 3.05) is 27.2 Å². The highest BCUT2D eigenvalue weighted by Gasteiger charge is 2.17. The molecule has 0 saturated heterocycles. The van der Waals surface area contributed by atoms with Crippen LogP contribution in [0.4, 0.5) is 4.79 Å². The Morgan fingerprint density at radius 3 is 2.59 bits per heavy atom. The lowest BCUT2D eigenvalue weighted by atomic mass is 10.1. The SMILES string of the molecule is COC(C)(C)CCNC(=O)N(C)CCC(O)c1ccccc1. The number of hydrogen-bond donors (Lipinski definition) is 2. The van der Waals surface area contributed by atoms with Crippen LogP contribution in [-0.4, -0.2) is 48.9 Å². The summed E-state index contributed by atoms with van der Waals surface area (Å²) >= 11 is 0. The van der Waals surface area contributed by atoms with E-state index in [1.54, 1.807) is 19.1 Å². The van der Waals surface area contributed by atoms with Crippen molar-refractivity contribution >= 4 is 6.03 Å². The number of carbonyl (C=O) groups is 1. The lowest BCUT2D eigenvalue weighted by Gasteiger charge is -2.24. The van der Waals surface area contributed by atoms with Gasteiger partial charge in [-0.15, -0.1) is 0 Å². The number of hydrogen-bond acceptors (Lipinski definition) is 3. The highest BCUT2D eigenvalue weighted by Crippen LogP contribution is 2.16. The van der Waals surface area contributed by atoms with Crippen LogP contribution in [0.2, 0.25) is 0 Å². The van der Waals surface area contributed by atoms with Crippen molar-refractivity contribution in [1.82, 2.24) is 10.2 Å². The minimum Gasteiger partial charge on any atom is -0.388 e. The molecule has 0 aromatic heterocycles. The van der Waals surface area contributed by atoms with Crippen molar-refractivity contribution in [2.24, 2.45) is 0 Å². The number of ether oxygens (including phenoxy) is 1. The summed E-state index contributed by atoms with van der Waals surface area (Å²) in [6, 6.07) is 9.35. The fraction of sp³-hybridized carbons (Fsp3) is 0.588. The maximum Gasteiger partial charge on any atom is 0.317 e. The summed E-state index contributed by atoms with van der Waals surface area (Å²) in [6.07, 6.45) is 0.705. The van der Waals surface area contributed by atoms with Gasteiger partial charge in [-0.3, -0.25) is 0 Å². The minimum absolute atomic E-state index is 0.132. The third-order valence-corrected chi connectivity index (χ3v) is 3.82. The molecule has 0 bridgehead atoms. The van der Waals surface area contributed by atoms with Gasteiger partial charge >= 0.3 is 6.03 Å². The van der Waals surface area contributed by atoms with Crippen LogP contribution >= 0.6 is 0 Å². The highest BCUT2D eigenvalue weighted by molar-refractivity contribution is 5.73. The highest BCUT2D eigenvalue weighted by atomic mass is 16.5. The van der Waals surface area contributed by atoms with Crippen molar-refractivity contribution in [1.29, 1.82) is 0 Å². The molecule has 0 aliphatic heterocycles. The molecule has 1 aromatic rings. The zero-order chi connectivity index (χ0) is 16.6. The Balaban J connectivity index is 2.29. The number of nitrogens with zero attached hydrogens (tertiary/aromatic N) is 1. The molecule has 22 heavy (non-hydrogen) atoms. The lowest BCUT2D eigenvalue weighted by Crippen LogP contribution is -2.40. The molecule has 0 spiro atoms. The number of amides is 2. The second kappa shape index (κ2) is 8.76. The van der Waals surface area contributed by atoms with E-state index in [1.165, 1.54) is 0 Å². The Morgan fingerprint density at radius 1 is 1.36 bits per heavy atom. The second-order valence-electron chi connectivity index (χ2n) is 6.08. The number of aliphatic hydroxyl groups excluding tert-OH is 1. The minimum atomic E-state index is -0.552. The van der Waals surface area contributed by atoms with E-state index in [2.05, 4.69) is 5.32 Å². The van der Waals surface area contributed by atoms with Gasteiger partial charge in [0.25, 0.3) is 0 Å². The van der Waals surface area contributed by atoms with Crippen molar-refractivity contribution in [2.45, 2.75) is 38.4 Å². The molecular weight excluding hydrogens is 280 g/mol. The molecule has 5 nitrogen and oxygen atoms in total. The van der Waals surface area contributed by atoms with Gasteiger partial charge in [0.15, 0.2) is 0 Å². The van der Waals surface area contributed by atoms with Gasteiger partial charge in [-0.2, -0.15) is 0 Å². The topological polar surface area (TPSA) is 61.8 Å². The van der Waals surface area contributed by atoms with Crippen LogP contribution in [0.3, 0.4) is 0 Å². The molecule has 2 amide bonds. The summed E-state index contributed by atoms with van der Waals surface area (Å²) in [6.45, 7) is 5.03. The molecule has 1 aromatic carbocycles. The summed E-state index contributed by atoms with van der Waals surface area (Å²) < 4.78 is 5.31. The Kier molecular flexibility index (Phi) is 7.35. The van der Waals surface area contributed by atoms with Crippen molar-refractivity contribution in [3.05, 3.63) is 35.9 Å². The zero-order valence-corrected chi connectivity index (χ0v) is 14.0. The van der Waals surface area contributed by atoms with Crippen molar-refractivity contribution in [3.8, 4) is 0 Å². The molecule has 1 rings (SSSR count). The van der Waals surface area contributed by atoms with E-state index < -0.39 is 6.10 Å². The number of rotatable bonds is 8.